The molecule has 100 valence electrons. The first-order chi connectivity index (χ1) is 8.70. The maximum absolute atomic E-state index is 13.8. The van der Waals surface area contributed by atoms with Crippen LogP contribution in [0.15, 0.2) is 16.6 Å². The second kappa shape index (κ2) is 6.50. The topological polar surface area (TPSA) is 24.5 Å². The van der Waals surface area contributed by atoms with Crippen LogP contribution in [0.25, 0.3) is 0 Å². The highest BCUT2D eigenvalue weighted by atomic mass is 79.9. The lowest BCUT2D eigenvalue weighted by atomic mass is 10.1. The molecule has 1 aromatic carbocycles. The number of hydrogen-bond donors (Lipinski definition) is 1. The molecule has 0 radical (unpaired) electrons. The van der Waals surface area contributed by atoms with E-state index in [2.05, 4.69) is 26.1 Å². The highest BCUT2D eigenvalue weighted by Crippen LogP contribution is 2.28. The zero-order chi connectivity index (χ0) is 13.0. The van der Waals surface area contributed by atoms with Gasteiger partial charge < -0.3 is 15.0 Å². The predicted octanol–water partition coefficient (Wildman–Crippen LogP) is 2.04. The summed E-state index contributed by atoms with van der Waals surface area (Å²) in [6.45, 7) is 5.03. The number of rotatable bonds is 4. The van der Waals surface area contributed by atoms with Gasteiger partial charge in [-0.2, -0.15) is 0 Å². The summed E-state index contributed by atoms with van der Waals surface area (Å²) in [5.41, 5.74) is 0.737. The van der Waals surface area contributed by atoms with Gasteiger partial charge in [0.2, 0.25) is 0 Å². The molecule has 2 rings (SSSR count). The van der Waals surface area contributed by atoms with E-state index >= 15 is 0 Å². The number of nitrogens with one attached hydrogen (secondary N) is 1. The summed E-state index contributed by atoms with van der Waals surface area (Å²) in [6, 6.07) is 3.26. The fourth-order valence-electron chi connectivity index (χ4n) is 2.13. The lowest BCUT2D eigenvalue weighted by molar-refractivity contribution is 0.243. The molecule has 1 aromatic rings. The summed E-state index contributed by atoms with van der Waals surface area (Å²) in [6.07, 6.45) is 0.731. The molecule has 0 saturated carbocycles. The minimum absolute atomic E-state index is 0.190. The number of methoxy groups -OCH3 is 1. The van der Waals surface area contributed by atoms with E-state index in [0.29, 0.717) is 5.75 Å². The molecule has 0 aromatic heterocycles. The van der Waals surface area contributed by atoms with E-state index in [0.717, 1.165) is 49.2 Å². The van der Waals surface area contributed by atoms with Gasteiger partial charge in [-0.05, 0) is 34.0 Å². The van der Waals surface area contributed by atoms with Crippen molar-refractivity contribution < 1.29 is 9.13 Å². The van der Waals surface area contributed by atoms with Gasteiger partial charge in [0.15, 0.2) is 0 Å². The normalized spacial score (nSPS) is 16.8. The van der Waals surface area contributed by atoms with Gasteiger partial charge in [0.1, 0.15) is 11.6 Å². The molecule has 0 atom stereocenters. The van der Waals surface area contributed by atoms with Crippen molar-refractivity contribution in [2.75, 3.05) is 39.8 Å². The lowest BCUT2D eigenvalue weighted by Gasteiger charge is -2.27. The number of piperazine rings is 1. The van der Waals surface area contributed by atoms with Crippen molar-refractivity contribution in [2.45, 2.75) is 6.42 Å². The van der Waals surface area contributed by atoms with Crippen LogP contribution < -0.4 is 10.1 Å². The molecule has 1 N–H and O–H groups in total. The molecule has 0 unspecified atom stereocenters. The van der Waals surface area contributed by atoms with E-state index in [1.807, 2.05) is 6.07 Å². The number of benzene rings is 1. The highest BCUT2D eigenvalue weighted by Gasteiger charge is 2.12. The summed E-state index contributed by atoms with van der Waals surface area (Å²) < 4.78 is 19.7. The van der Waals surface area contributed by atoms with Crippen LogP contribution in [-0.4, -0.2) is 44.7 Å². The lowest BCUT2D eigenvalue weighted by Crippen LogP contribution is -2.44. The molecule has 0 amide bonds. The predicted molar refractivity (Wildman–Crippen MR) is 73.7 cm³/mol. The van der Waals surface area contributed by atoms with Crippen LogP contribution in [0, 0.1) is 5.82 Å². The Hall–Kier alpha value is -0.650. The summed E-state index contributed by atoms with van der Waals surface area (Å²) in [5.74, 6) is 0.351. The maximum Gasteiger partial charge on any atom is 0.135 e. The van der Waals surface area contributed by atoms with Gasteiger partial charge in [-0.3, -0.25) is 0 Å². The smallest absolute Gasteiger partial charge is 0.135 e. The van der Waals surface area contributed by atoms with Crippen molar-refractivity contribution in [3.05, 3.63) is 28.0 Å². The molecule has 1 heterocycles. The second-order valence-corrected chi connectivity index (χ2v) is 5.27. The molecule has 1 fully saturated rings. The van der Waals surface area contributed by atoms with E-state index in [1.165, 1.54) is 6.07 Å². The van der Waals surface area contributed by atoms with Gasteiger partial charge in [0.05, 0.1) is 11.6 Å². The Kier molecular flexibility index (Phi) is 4.97. The van der Waals surface area contributed by atoms with Crippen molar-refractivity contribution in [1.82, 2.24) is 10.2 Å². The average Bonchev–Trinajstić information content (AvgIpc) is 2.40. The first-order valence-corrected chi connectivity index (χ1v) is 6.95. The van der Waals surface area contributed by atoms with Crippen molar-refractivity contribution in [1.29, 1.82) is 0 Å². The first kappa shape index (κ1) is 13.8. The fraction of sp³-hybridized carbons (Fsp3) is 0.538. The van der Waals surface area contributed by atoms with Gasteiger partial charge in [0, 0.05) is 38.8 Å². The van der Waals surface area contributed by atoms with Gasteiger partial charge in [-0.1, -0.05) is 0 Å². The van der Waals surface area contributed by atoms with Crippen molar-refractivity contribution in [3.8, 4) is 5.75 Å². The van der Waals surface area contributed by atoms with Crippen molar-refractivity contribution in [2.24, 2.45) is 0 Å². The molecule has 3 nitrogen and oxygen atoms in total. The van der Waals surface area contributed by atoms with Gasteiger partial charge in [-0.15, -0.1) is 0 Å². The monoisotopic (exact) mass is 316 g/mol. The van der Waals surface area contributed by atoms with Crippen LogP contribution in [0.3, 0.4) is 0 Å². The Labute approximate surface area is 115 Å². The summed E-state index contributed by atoms with van der Waals surface area (Å²) in [7, 11) is 1.54. The zero-order valence-electron chi connectivity index (χ0n) is 10.5. The van der Waals surface area contributed by atoms with Crippen LogP contribution >= 0.6 is 15.9 Å². The number of halogens is 2. The van der Waals surface area contributed by atoms with Gasteiger partial charge in [0.25, 0.3) is 0 Å². The summed E-state index contributed by atoms with van der Waals surface area (Å²) in [4.78, 5) is 2.36. The molecule has 1 aliphatic heterocycles. The highest BCUT2D eigenvalue weighted by molar-refractivity contribution is 9.10. The molecule has 5 heteroatoms. The summed E-state index contributed by atoms with van der Waals surface area (Å²) in [5, 5.41) is 3.31. The Morgan fingerprint density at radius 1 is 1.39 bits per heavy atom. The van der Waals surface area contributed by atoms with Crippen molar-refractivity contribution >= 4 is 15.9 Å². The number of ether oxygens (including phenoxy) is 1. The van der Waals surface area contributed by atoms with E-state index in [4.69, 9.17) is 4.74 Å². The van der Waals surface area contributed by atoms with E-state index in [1.54, 1.807) is 7.11 Å². The van der Waals surface area contributed by atoms with Gasteiger partial charge >= 0.3 is 0 Å². The standard InChI is InChI=1S/C13H18BrFN2O/c1-18-13-9-12(15)10(8-11(13)14)2-5-17-6-3-16-4-7-17/h8-9,16H,2-7H2,1H3. The minimum Gasteiger partial charge on any atom is -0.495 e. The molecular weight excluding hydrogens is 299 g/mol. The van der Waals surface area contributed by atoms with E-state index < -0.39 is 0 Å². The Bertz CT molecular complexity index is 408. The Morgan fingerprint density at radius 3 is 2.78 bits per heavy atom. The van der Waals surface area contributed by atoms with E-state index in [9.17, 15) is 4.39 Å². The fourth-order valence-corrected chi connectivity index (χ4v) is 2.68. The van der Waals surface area contributed by atoms with Crippen LogP contribution in [0.1, 0.15) is 5.56 Å². The maximum atomic E-state index is 13.8. The zero-order valence-corrected chi connectivity index (χ0v) is 12.1. The third-order valence-electron chi connectivity index (χ3n) is 3.23. The second-order valence-electron chi connectivity index (χ2n) is 4.42. The number of nitrogens with zero attached hydrogens (tertiary/aromatic N) is 1. The van der Waals surface area contributed by atoms with Crippen LogP contribution in [0.2, 0.25) is 0 Å². The third-order valence-corrected chi connectivity index (χ3v) is 3.85. The largest absolute Gasteiger partial charge is 0.495 e. The third kappa shape index (κ3) is 3.43. The van der Waals surface area contributed by atoms with Gasteiger partial charge in [-0.25, -0.2) is 4.39 Å². The van der Waals surface area contributed by atoms with Crippen LogP contribution in [-0.2, 0) is 6.42 Å². The molecule has 18 heavy (non-hydrogen) atoms. The molecule has 0 bridgehead atoms. The van der Waals surface area contributed by atoms with Crippen LogP contribution in [0.4, 0.5) is 4.39 Å². The Balaban J connectivity index is 1.98. The van der Waals surface area contributed by atoms with Crippen molar-refractivity contribution in [3.63, 3.8) is 0 Å². The SMILES string of the molecule is COc1cc(F)c(CCN2CCNCC2)cc1Br. The molecule has 0 aliphatic carbocycles. The molecule has 0 spiro atoms. The number of hydrogen-bond acceptors (Lipinski definition) is 3. The van der Waals surface area contributed by atoms with E-state index in [-0.39, 0.29) is 5.82 Å². The molecular formula is C13H18BrFN2O. The average molecular weight is 317 g/mol. The molecule has 1 saturated heterocycles. The minimum atomic E-state index is -0.190. The Morgan fingerprint density at radius 2 is 2.11 bits per heavy atom. The molecule has 1 aliphatic rings. The quantitative estimate of drug-likeness (QED) is 0.920. The summed E-state index contributed by atoms with van der Waals surface area (Å²) >= 11 is 3.39. The van der Waals surface area contributed by atoms with Crippen LogP contribution in [0.5, 0.6) is 5.75 Å². The first-order valence-electron chi connectivity index (χ1n) is 6.15.